The Labute approximate surface area is 150 Å². The molecule has 0 spiro atoms. The van der Waals surface area contributed by atoms with Crippen LogP contribution in [-0.4, -0.2) is 22.3 Å². The Morgan fingerprint density at radius 1 is 1.42 bits per heavy atom. The molecule has 2 heterocycles. The summed E-state index contributed by atoms with van der Waals surface area (Å²) in [7, 11) is 1.84. The summed E-state index contributed by atoms with van der Waals surface area (Å²) in [6.07, 6.45) is 0.667. The van der Waals surface area contributed by atoms with Crippen molar-refractivity contribution in [3.63, 3.8) is 0 Å². The highest BCUT2D eigenvalue weighted by molar-refractivity contribution is 6.43. The predicted octanol–water partition coefficient (Wildman–Crippen LogP) is 4.10. The fraction of sp³-hybridized carbons (Fsp3) is 0.412. The number of ether oxygens (including phenoxy) is 1. The lowest BCUT2D eigenvalue weighted by Crippen LogP contribution is -2.32. The molecule has 0 aliphatic carbocycles. The van der Waals surface area contributed by atoms with Gasteiger partial charge < -0.3 is 10.1 Å². The number of rotatable bonds is 3. The fourth-order valence-electron chi connectivity index (χ4n) is 2.92. The number of benzene rings is 1. The molecule has 1 amide bonds. The van der Waals surface area contributed by atoms with Gasteiger partial charge >= 0.3 is 0 Å². The number of hydrogen-bond acceptors (Lipinski definition) is 3. The van der Waals surface area contributed by atoms with Crippen LogP contribution in [0, 0.1) is 0 Å². The SMILES string of the molecule is CC(C)c1cc(C(=O)N[C@@H]2CCOc3c2ccc(Cl)c3Cl)nn1C. The third-order valence-electron chi connectivity index (χ3n) is 4.15. The quantitative estimate of drug-likeness (QED) is 0.887. The third-order valence-corrected chi connectivity index (χ3v) is 4.94. The highest BCUT2D eigenvalue weighted by Gasteiger charge is 2.27. The average molecular weight is 368 g/mol. The number of fused-ring (bicyclic) bond motifs is 1. The van der Waals surface area contributed by atoms with Crippen LogP contribution in [0.4, 0.5) is 0 Å². The molecular weight excluding hydrogens is 349 g/mol. The van der Waals surface area contributed by atoms with E-state index in [1.54, 1.807) is 10.7 Å². The van der Waals surface area contributed by atoms with Gasteiger partial charge in [-0.15, -0.1) is 0 Å². The topological polar surface area (TPSA) is 56.1 Å². The van der Waals surface area contributed by atoms with Gasteiger partial charge in [-0.3, -0.25) is 9.48 Å². The highest BCUT2D eigenvalue weighted by Crippen LogP contribution is 2.41. The standard InChI is InChI=1S/C17H19Cl2N3O2/c1-9(2)14-8-13(21-22(14)3)17(23)20-12-6-7-24-16-10(12)4-5-11(18)15(16)19/h4-5,8-9,12H,6-7H2,1-3H3,(H,20,23)/t12-/m1/s1. The van der Waals surface area contributed by atoms with E-state index in [1.807, 2.05) is 19.2 Å². The van der Waals surface area contributed by atoms with E-state index < -0.39 is 0 Å². The first kappa shape index (κ1) is 17.1. The lowest BCUT2D eigenvalue weighted by Gasteiger charge is -2.27. The largest absolute Gasteiger partial charge is 0.492 e. The van der Waals surface area contributed by atoms with Crippen LogP contribution in [0.2, 0.25) is 10.0 Å². The monoisotopic (exact) mass is 367 g/mol. The Bertz CT molecular complexity index is 786. The normalized spacial score (nSPS) is 16.7. The number of halogens is 2. The van der Waals surface area contributed by atoms with Crippen molar-refractivity contribution >= 4 is 29.1 Å². The average Bonchev–Trinajstić information content (AvgIpc) is 2.94. The second-order valence-electron chi connectivity index (χ2n) is 6.18. The Hall–Kier alpha value is -1.72. The predicted molar refractivity (Wildman–Crippen MR) is 94.1 cm³/mol. The van der Waals surface area contributed by atoms with E-state index >= 15 is 0 Å². The number of nitrogens with zero attached hydrogens (tertiary/aromatic N) is 2. The van der Waals surface area contributed by atoms with Crippen molar-refractivity contribution in [2.24, 2.45) is 7.05 Å². The van der Waals surface area contributed by atoms with Crippen molar-refractivity contribution in [1.82, 2.24) is 15.1 Å². The molecule has 1 aromatic carbocycles. The number of aryl methyl sites for hydroxylation is 1. The van der Waals surface area contributed by atoms with Crippen LogP contribution < -0.4 is 10.1 Å². The summed E-state index contributed by atoms with van der Waals surface area (Å²) in [5.41, 5.74) is 2.26. The molecule has 1 atom stereocenters. The van der Waals surface area contributed by atoms with Crippen molar-refractivity contribution in [3.05, 3.63) is 45.2 Å². The molecule has 1 aliphatic heterocycles. The summed E-state index contributed by atoms with van der Waals surface area (Å²) >= 11 is 12.2. The third kappa shape index (κ3) is 3.10. The van der Waals surface area contributed by atoms with Gasteiger partial charge in [-0.1, -0.05) is 43.1 Å². The zero-order valence-electron chi connectivity index (χ0n) is 13.8. The van der Waals surface area contributed by atoms with E-state index in [1.165, 1.54) is 0 Å². The van der Waals surface area contributed by atoms with E-state index in [0.717, 1.165) is 11.3 Å². The number of aromatic nitrogens is 2. The summed E-state index contributed by atoms with van der Waals surface area (Å²) in [5, 5.41) is 8.15. The number of amides is 1. The van der Waals surface area contributed by atoms with Gasteiger partial charge in [-0.25, -0.2) is 0 Å². The van der Waals surface area contributed by atoms with Crippen LogP contribution in [-0.2, 0) is 7.05 Å². The number of hydrogen-bond donors (Lipinski definition) is 1. The molecule has 24 heavy (non-hydrogen) atoms. The lowest BCUT2D eigenvalue weighted by atomic mass is 10.0. The molecule has 0 radical (unpaired) electrons. The molecule has 2 aromatic rings. The number of nitrogens with one attached hydrogen (secondary N) is 1. The molecule has 0 fully saturated rings. The smallest absolute Gasteiger partial charge is 0.272 e. The molecule has 1 aliphatic rings. The van der Waals surface area contributed by atoms with Gasteiger partial charge in [0.25, 0.3) is 5.91 Å². The van der Waals surface area contributed by atoms with Gasteiger partial charge in [-0.2, -0.15) is 5.10 Å². The van der Waals surface area contributed by atoms with Crippen molar-refractivity contribution in [2.45, 2.75) is 32.2 Å². The van der Waals surface area contributed by atoms with Crippen LogP contribution in [0.5, 0.6) is 5.75 Å². The Morgan fingerprint density at radius 2 is 2.17 bits per heavy atom. The minimum atomic E-state index is -0.207. The van der Waals surface area contributed by atoms with Gasteiger partial charge in [-0.05, 0) is 18.1 Å². The summed E-state index contributed by atoms with van der Waals surface area (Å²) in [6.45, 7) is 4.61. The molecule has 0 saturated heterocycles. The van der Waals surface area contributed by atoms with E-state index in [-0.39, 0.29) is 11.9 Å². The second kappa shape index (κ2) is 6.65. The van der Waals surface area contributed by atoms with Crippen LogP contribution in [0.15, 0.2) is 18.2 Å². The molecule has 3 rings (SSSR count). The minimum Gasteiger partial charge on any atom is -0.492 e. The summed E-state index contributed by atoms with van der Waals surface area (Å²) < 4.78 is 7.36. The van der Waals surface area contributed by atoms with Crippen LogP contribution in [0.3, 0.4) is 0 Å². The number of carbonyl (C=O) groups excluding carboxylic acids is 1. The van der Waals surface area contributed by atoms with Crippen molar-refractivity contribution < 1.29 is 9.53 Å². The minimum absolute atomic E-state index is 0.180. The van der Waals surface area contributed by atoms with Crippen LogP contribution in [0.1, 0.15) is 54.0 Å². The molecule has 7 heteroatoms. The molecule has 128 valence electrons. The van der Waals surface area contributed by atoms with Crippen LogP contribution >= 0.6 is 23.2 Å². The maximum Gasteiger partial charge on any atom is 0.272 e. The Morgan fingerprint density at radius 3 is 2.83 bits per heavy atom. The zero-order chi connectivity index (χ0) is 17.4. The van der Waals surface area contributed by atoms with E-state index in [2.05, 4.69) is 24.3 Å². The summed E-state index contributed by atoms with van der Waals surface area (Å²) in [4.78, 5) is 12.6. The van der Waals surface area contributed by atoms with E-state index in [0.29, 0.717) is 40.4 Å². The summed E-state index contributed by atoms with van der Waals surface area (Å²) in [6, 6.07) is 5.20. The second-order valence-corrected chi connectivity index (χ2v) is 6.96. The molecule has 0 bridgehead atoms. The zero-order valence-corrected chi connectivity index (χ0v) is 15.3. The highest BCUT2D eigenvalue weighted by atomic mass is 35.5. The van der Waals surface area contributed by atoms with E-state index in [9.17, 15) is 4.79 Å². The maximum atomic E-state index is 12.6. The van der Waals surface area contributed by atoms with Crippen LogP contribution in [0.25, 0.3) is 0 Å². The van der Waals surface area contributed by atoms with Gasteiger partial charge in [0.1, 0.15) is 16.5 Å². The summed E-state index contributed by atoms with van der Waals surface area (Å²) in [5.74, 6) is 0.639. The molecule has 1 aromatic heterocycles. The van der Waals surface area contributed by atoms with Gasteiger partial charge in [0.05, 0.1) is 17.7 Å². The number of carbonyl (C=O) groups is 1. The molecule has 0 saturated carbocycles. The van der Waals surface area contributed by atoms with Crippen molar-refractivity contribution in [1.29, 1.82) is 0 Å². The van der Waals surface area contributed by atoms with E-state index in [4.69, 9.17) is 27.9 Å². The first-order valence-corrected chi connectivity index (χ1v) is 8.59. The molecule has 5 nitrogen and oxygen atoms in total. The van der Waals surface area contributed by atoms with Gasteiger partial charge in [0.2, 0.25) is 0 Å². The fourth-order valence-corrected chi connectivity index (χ4v) is 3.29. The molecule has 1 N–H and O–H groups in total. The maximum absolute atomic E-state index is 12.6. The Kier molecular flexibility index (Phi) is 4.74. The Balaban J connectivity index is 1.84. The first-order valence-electron chi connectivity index (χ1n) is 7.84. The molecule has 0 unspecified atom stereocenters. The first-order chi connectivity index (χ1) is 11.4. The lowest BCUT2D eigenvalue weighted by molar-refractivity contribution is 0.0919. The molecular formula is C17H19Cl2N3O2. The van der Waals surface area contributed by atoms with Crippen molar-refractivity contribution in [3.8, 4) is 5.75 Å². The van der Waals surface area contributed by atoms with Gasteiger partial charge in [0, 0.05) is 24.7 Å². The van der Waals surface area contributed by atoms with Crippen molar-refractivity contribution in [2.75, 3.05) is 6.61 Å². The van der Waals surface area contributed by atoms with Gasteiger partial charge in [0.15, 0.2) is 0 Å².